The zero-order valence-corrected chi connectivity index (χ0v) is 18.6. The fourth-order valence-corrected chi connectivity index (χ4v) is 4.44. The molecule has 2 aromatic rings. The van der Waals surface area contributed by atoms with E-state index in [4.69, 9.17) is 9.47 Å². The molecule has 0 bridgehead atoms. The molecule has 0 spiro atoms. The second-order valence-corrected chi connectivity index (χ2v) is 8.16. The highest BCUT2D eigenvalue weighted by molar-refractivity contribution is 5.76. The number of piperazine rings is 1. The molecule has 1 amide bonds. The van der Waals surface area contributed by atoms with Gasteiger partial charge in [0.05, 0.1) is 13.7 Å². The molecule has 0 atom stereocenters. The second kappa shape index (κ2) is 9.50. The van der Waals surface area contributed by atoms with E-state index in [0.29, 0.717) is 57.0 Å². The highest BCUT2D eigenvalue weighted by Crippen LogP contribution is 2.27. The van der Waals surface area contributed by atoms with E-state index in [0.717, 1.165) is 24.5 Å². The average molecular weight is 443 g/mol. The Labute approximate surface area is 187 Å². The molecule has 2 aliphatic rings. The lowest BCUT2D eigenvalue weighted by molar-refractivity contribution is 0.0983. The number of piperidine rings is 1. The monoisotopic (exact) mass is 442 g/mol. The third-order valence-electron chi connectivity index (χ3n) is 6.27. The zero-order chi connectivity index (χ0) is 22.7. The highest BCUT2D eigenvalue weighted by atomic mass is 16.6. The van der Waals surface area contributed by atoms with Gasteiger partial charge >= 0.3 is 6.09 Å². The minimum Gasteiger partial charge on any atom is -0.497 e. The molecule has 0 unspecified atom stereocenters. The van der Waals surface area contributed by atoms with Crippen molar-refractivity contribution in [1.29, 1.82) is 0 Å². The highest BCUT2D eigenvalue weighted by Gasteiger charge is 2.31. The number of carbonyl (C=O) groups is 1. The van der Waals surface area contributed by atoms with Crippen LogP contribution >= 0.6 is 0 Å². The molecule has 2 heterocycles. The average Bonchev–Trinajstić information content (AvgIpc) is 2.84. The molecule has 0 aliphatic carbocycles. The normalized spacial score (nSPS) is 17.5. The van der Waals surface area contributed by atoms with Crippen molar-refractivity contribution in [3.8, 4) is 5.75 Å². The number of likely N-dealkylation sites (tertiary alicyclic amines) is 1. The minimum absolute atomic E-state index is 0.0563. The zero-order valence-electron chi connectivity index (χ0n) is 18.6. The topological polar surface area (TPSA) is 91.4 Å². The maximum atomic E-state index is 12.4. The number of methoxy groups -OCH3 is 1. The van der Waals surface area contributed by atoms with Crippen molar-refractivity contribution in [3.05, 3.63) is 44.7 Å². The van der Waals surface area contributed by atoms with Crippen LogP contribution in [0.15, 0.2) is 33.9 Å². The van der Waals surface area contributed by atoms with E-state index in [9.17, 15) is 14.4 Å². The SMILES string of the molecule is CCOC(=O)N1CCC(Nc2c(N3CCN(c4cccc(OC)c4)CC3)c(=O)c2=O)CC1. The Hall–Kier alpha value is -3.23. The summed E-state index contributed by atoms with van der Waals surface area (Å²) in [6.45, 7) is 6.12. The number of rotatable bonds is 6. The summed E-state index contributed by atoms with van der Waals surface area (Å²) in [5.41, 5.74) is 1.17. The van der Waals surface area contributed by atoms with E-state index in [1.807, 2.05) is 29.2 Å². The van der Waals surface area contributed by atoms with Crippen molar-refractivity contribution in [2.45, 2.75) is 25.8 Å². The lowest BCUT2D eigenvalue weighted by Gasteiger charge is -2.39. The van der Waals surface area contributed by atoms with Gasteiger partial charge in [0, 0.05) is 57.1 Å². The molecule has 32 heavy (non-hydrogen) atoms. The third-order valence-corrected chi connectivity index (χ3v) is 6.27. The van der Waals surface area contributed by atoms with Crippen molar-refractivity contribution in [2.24, 2.45) is 0 Å². The first-order chi connectivity index (χ1) is 15.5. The molecule has 0 radical (unpaired) electrons. The smallest absolute Gasteiger partial charge is 0.409 e. The molecule has 9 nitrogen and oxygen atoms in total. The van der Waals surface area contributed by atoms with Gasteiger partial charge in [0.25, 0.3) is 10.9 Å². The molecule has 172 valence electrons. The molecule has 4 rings (SSSR count). The molecular weight excluding hydrogens is 412 g/mol. The van der Waals surface area contributed by atoms with E-state index in [1.54, 1.807) is 18.9 Å². The Morgan fingerprint density at radius 2 is 1.72 bits per heavy atom. The summed E-state index contributed by atoms with van der Waals surface area (Å²) < 4.78 is 10.4. The molecule has 2 saturated heterocycles. The van der Waals surface area contributed by atoms with Crippen molar-refractivity contribution in [1.82, 2.24) is 4.90 Å². The van der Waals surface area contributed by atoms with Gasteiger partial charge in [-0.3, -0.25) is 9.59 Å². The van der Waals surface area contributed by atoms with Gasteiger partial charge in [0.15, 0.2) is 0 Å². The number of ether oxygens (including phenoxy) is 2. The van der Waals surface area contributed by atoms with E-state index in [-0.39, 0.29) is 12.1 Å². The third kappa shape index (κ3) is 4.37. The van der Waals surface area contributed by atoms with Crippen LogP contribution in [0.25, 0.3) is 0 Å². The standard InChI is InChI=1S/C23H30N4O5/c1-3-32-23(30)27-9-7-16(8-10-27)24-19-20(22(29)21(19)28)26-13-11-25(12-14-26)17-5-4-6-18(15-17)31-2/h4-6,15-16,24H,3,7-14H2,1-2H3. The summed E-state index contributed by atoms with van der Waals surface area (Å²) >= 11 is 0. The molecule has 0 aromatic heterocycles. The second-order valence-electron chi connectivity index (χ2n) is 8.16. The number of anilines is 3. The molecule has 0 saturated carbocycles. The molecule has 9 heteroatoms. The summed E-state index contributed by atoms with van der Waals surface area (Å²) in [5.74, 6) is 0.813. The number of hydrogen-bond donors (Lipinski definition) is 1. The van der Waals surface area contributed by atoms with Gasteiger partial charge in [-0.15, -0.1) is 0 Å². The molecule has 1 N–H and O–H groups in total. The molecule has 2 aliphatic heterocycles. The fourth-order valence-electron chi connectivity index (χ4n) is 4.44. The van der Waals surface area contributed by atoms with Gasteiger partial charge < -0.3 is 29.5 Å². The van der Waals surface area contributed by atoms with Gasteiger partial charge in [-0.05, 0) is 31.9 Å². The van der Waals surface area contributed by atoms with Gasteiger partial charge in [0.1, 0.15) is 17.1 Å². The van der Waals surface area contributed by atoms with E-state index in [1.165, 1.54) is 0 Å². The first-order valence-corrected chi connectivity index (χ1v) is 11.2. The molecule has 2 aromatic carbocycles. The van der Waals surface area contributed by atoms with Crippen LogP contribution in [0.3, 0.4) is 0 Å². The van der Waals surface area contributed by atoms with Crippen LogP contribution in [-0.4, -0.2) is 70.0 Å². The van der Waals surface area contributed by atoms with Crippen LogP contribution in [0.4, 0.5) is 21.9 Å². The maximum absolute atomic E-state index is 12.4. The van der Waals surface area contributed by atoms with E-state index < -0.39 is 10.9 Å². The van der Waals surface area contributed by atoms with E-state index >= 15 is 0 Å². The van der Waals surface area contributed by atoms with Gasteiger partial charge in [0.2, 0.25) is 0 Å². The van der Waals surface area contributed by atoms with Crippen LogP contribution in [0.1, 0.15) is 19.8 Å². The largest absolute Gasteiger partial charge is 0.497 e. The molecular formula is C23H30N4O5. The van der Waals surface area contributed by atoms with Crippen molar-refractivity contribution < 1.29 is 14.3 Å². The first kappa shape index (κ1) is 22.0. The Morgan fingerprint density at radius 3 is 2.38 bits per heavy atom. The van der Waals surface area contributed by atoms with Crippen LogP contribution in [0, 0.1) is 0 Å². The Morgan fingerprint density at radius 1 is 1.03 bits per heavy atom. The minimum atomic E-state index is -0.442. The first-order valence-electron chi connectivity index (χ1n) is 11.2. The lowest BCUT2D eigenvalue weighted by atomic mass is 10.0. The van der Waals surface area contributed by atoms with E-state index in [2.05, 4.69) is 10.2 Å². The van der Waals surface area contributed by atoms with Crippen molar-refractivity contribution in [2.75, 3.05) is 68.1 Å². The van der Waals surface area contributed by atoms with Crippen LogP contribution in [0.2, 0.25) is 0 Å². The lowest BCUT2D eigenvalue weighted by Crippen LogP contribution is -2.52. The predicted octanol–water partition coefficient (Wildman–Crippen LogP) is 1.65. The summed E-state index contributed by atoms with van der Waals surface area (Å²) in [4.78, 5) is 42.5. The molecule has 2 fully saturated rings. The summed E-state index contributed by atoms with van der Waals surface area (Å²) in [6.07, 6.45) is 1.12. The fraction of sp³-hybridized carbons (Fsp3) is 0.522. The van der Waals surface area contributed by atoms with Crippen LogP contribution < -0.4 is 30.7 Å². The van der Waals surface area contributed by atoms with Crippen molar-refractivity contribution in [3.63, 3.8) is 0 Å². The van der Waals surface area contributed by atoms with Crippen LogP contribution in [0.5, 0.6) is 5.75 Å². The van der Waals surface area contributed by atoms with Crippen molar-refractivity contribution >= 4 is 23.2 Å². The summed E-state index contributed by atoms with van der Waals surface area (Å²) in [6, 6.07) is 7.99. The van der Waals surface area contributed by atoms with Gasteiger partial charge in [-0.25, -0.2) is 4.79 Å². The Kier molecular flexibility index (Phi) is 6.53. The number of hydrogen-bond acceptors (Lipinski definition) is 8. The number of carbonyl (C=O) groups excluding carboxylic acids is 1. The Bertz CT molecular complexity index is 1020. The summed E-state index contributed by atoms with van der Waals surface area (Å²) in [5, 5.41) is 3.29. The number of nitrogens with one attached hydrogen (secondary N) is 1. The van der Waals surface area contributed by atoms with Gasteiger partial charge in [-0.1, -0.05) is 6.07 Å². The predicted molar refractivity (Wildman–Crippen MR) is 124 cm³/mol. The Balaban J connectivity index is 1.35. The number of amides is 1. The van der Waals surface area contributed by atoms with Gasteiger partial charge in [-0.2, -0.15) is 0 Å². The number of benzene rings is 1. The summed E-state index contributed by atoms with van der Waals surface area (Å²) in [7, 11) is 1.65. The maximum Gasteiger partial charge on any atom is 0.409 e. The quantitative estimate of drug-likeness (QED) is 0.676. The van der Waals surface area contributed by atoms with Crippen LogP contribution in [-0.2, 0) is 4.74 Å². The number of nitrogens with zero attached hydrogens (tertiary/aromatic N) is 3.